The lowest BCUT2D eigenvalue weighted by Gasteiger charge is -2.28. The first-order valence-corrected chi connectivity index (χ1v) is 8.84. The minimum atomic E-state index is 0.0805. The Morgan fingerprint density at radius 2 is 2.05 bits per heavy atom. The van der Waals surface area contributed by atoms with E-state index < -0.39 is 0 Å². The van der Waals surface area contributed by atoms with Gasteiger partial charge in [-0.25, -0.2) is 9.97 Å². The third-order valence-corrected chi connectivity index (χ3v) is 5.68. The fourth-order valence-electron chi connectivity index (χ4n) is 3.47. The van der Waals surface area contributed by atoms with Gasteiger partial charge in [0.05, 0.1) is 11.9 Å². The van der Waals surface area contributed by atoms with Gasteiger partial charge in [-0.1, -0.05) is 6.42 Å². The predicted molar refractivity (Wildman–Crippen MR) is 88.6 cm³/mol. The molecule has 1 N–H and O–H groups in total. The second-order valence-electron chi connectivity index (χ2n) is 6.11. The van der Waals surface area contributed by atoms with Crippen molar-refractivity contribution in [2.24, 2.45) is 0 Å². The molecule has 1 amide bonds. The Morgan fingerprint density at radius 3 is 2.91 bits per heavy atom. The number of carbonyl (C=O) groups is 1. The Balaban J connectivity index is 1.88. The maximum atomic E-state index is 11.8. The van der Waals surface area contributed by atoms with Crippen molar-refractivity contribution in [2.45, 2.75) is 39.0 Å². The van der Waals surface area contributed by atoms with Crippen LogP contribution < -0.4 is 10.2 Å². The number of nitrogens with one attached hydrogen (secondary N) is 1. The number of anilines is 1. The van der Waals surface area contributed by atoms with Gasteiger partial charge in [-0.2, -0.15) is 0 Å². The third kappa shape index (κ3) is 2.35. The number of hydrogen-bond donors (Lipinski definition) is 1. The molecule has 1 aliphatic carbocycles. The second kappa shape index (κ2) is 5.50. The molecule has 1 aliphatic heterocycles. The van der Waals surface area contributed by atoms with Crippen LogP contribution in [0.2, 0.25) is 0 Å². The smallest absolute Gasteiger partial charge is 0.239 e. The summed E-state index contributed by atoms with van der Waals surface area (Å²) < 4.78 is 0. The maximum Gasteiger partial charge on any atom is 0.239 e. The number of amides is 1. The summed E-state index contributed by atoms with van der Waals surface area (Å²) in [5, 5.41) is 4.10. The van der Waals surface area contributed by atoms with E-state index in [2.05, 4.69) is 15.2 Å². The van der Waals surface area contributed by atoms with Crippen LogP contribution in [0.1, 0.15) is 35.5 Å². The zero-order chi connectivity index (χ0) is 15.1. The number of piperazine rings is 1. The summed E-state index contributed by atoms with van der Waals surface area (Å²) in [6.07, 6.45) is 6.10. The van der Waals surface area contributed by atoms with Crippen molar-refractivity contribution in [3.8, 4) is 0 Å². The highest BCUT2D eigenvalue weighted by molar-refractivity contribution is 7.19. The summed E-state index contributed by atoms with van der Waals surface area (Å²) in [7, 11) is 0. The molecule has 0 unspecified atom stereocenters. The normalized spacial score (nSPS) is 19.0. The van der Waals surface area contributed by atoms with Crippen LogP contribution in [0.25, 0.3) is 10.2 Å². The molecule has 116 valence electrons. The van der Waals surface area contributed by atoms with Gasteiger partial charge in [0.25, 0.3) is 0 Å². The Labute approximate surface area is 133 Å². The number of aromatic nitrogens is 2. The lowest BCUT2D eigenvalue weighted by molar-refractivity contribution is -0.120. The molecule has 0 saturated carbocycles. The van der Waals surface area contributed by atoms with Crippen molar-refractivity contribution in [3.63, 3.8) is 0 Å². The molecule has 2 aromatic rings. The lowest BCUT2D eigenvalue weighted by Crippen LogP contribution is -2.48. The SMILES string of the molecule is Cc1nc(N2CCNC(=O)C2)c2c3c(sc2n1)CCCCC3. The summed E-state index contributed by atoms with van der Waals surface area (Å²) in [4.78, 5) is 25.8. The first-order valence-electron chi connectivity index (χ1n) is 8.03. The van der Waals surface area contributed by atoms with Crippen molar-refractivity contribution < 1.29 is 4.79 Å². The first kappa shape index (κ1) is 13.9. The Kier molecular flexibility index (Phi) is 3.48. The van der Waals surface area contributed by atoms with Crippen LogP contribution in [-0.4, -0.2) is 35.5 Å². The summed E-state index contributed by atoms with van der Waals surface area (Å²) >= 11 is 1.83. The predicted octanol–water partition coefficient (Wildman–Crippen LogP) is 2.20. The topological polar surface area (TPSA) is 58.1 Å². The van der Waals surface area contributed by atoms with E-state index in [0.717, 1.165) is 35.9 Å². The third-order valence-electron chi connectivity index (χ3n) is 4.50. The Hall–Kier alpha value is -1.69. The van der Waals surface area contributed by atoms with Gasteiger partial charge in [0.1, 0.15) is 16.5 Å². The molecule has 0 atom stereocenters. The molecule has 4 rings (SSSR count). The Bertz CT molecular complexity index is 739. The first-order chi connectivity index (χ1) is 10.7. The van der Waals surface area contributed by atoms with Crippen LogP contribution >= 0.6 is 11.3 Å². The van der Waals surface area contributed by atoms with Crippen LogP contribution in [0.15, 0.2) is 0 Å². The summed E-state index contributed by atoms with van der Waals surface area (Å²) in [5.74, 6) is 1.85. The minimum absolute atomic E-state index is 0.0805. The van der Waals surface area contributed by atoms with Crippen LogP contribution in [0.5, 0.6) is 0 Å². The number of hydrogen-bond acceptors (Lipinski definition) is 5. The van der Waals surface area contributed by atoms with E-state index in [0.29, 0.717) is 13.1 Å². The molecular formula is C16H20N4OS. The van der Waals surface area contributed by atoms with Gasteiger partial charge in [-0.3, -0.25) is 4.79 Å². The van der Waals surface area contributed by atoms with Crippen LogP contribution in [0.4, 0.5) is 5.82 Å². The largest absolute Gasteiger partial charge is 0.353 e. The van der Waals surface area contributed by atoms with Crippen molar-refractivity contribution in [1.29, 1.82) is 0 Å². The van der Waals surface area contributed by atoms with Gasteiger partial charge in [0.15, 0.2) is 0 Å². The highest BCUT2D eigenvalue weighted by Crippen LogP contribution is 2.39. The van der Waals surface area contributed by atoms with Gasteiger partial charge in [0.2, 0.25) is 5.91 Å². The van der Waals surface area contributed by atoms with Crippen LogP contribution in [0.3, 0.4) is 0 Å². The quantitative estimate of drug-likeness (QED) is 0.820. The average Bonchev–Trinajstić information content (AvgIpc) is 2.68. The Morgan fingerprint density at radius 1 is 1.18 bits per heavy atom. The van der Waals surface area contributed by atoms with Crippen LogP contribution in [-0.2, 0) is 17.6 Å². The number of fused-ring (bicyclic) bond motifs is 3. The van der Waals surface area contributed by atoms with E-state index in [1.807, 2.05) is 18.3 Å². The molecule has 1 saturated heterocycles. The van der Waals surface area contributed by atoms with E-state index in [4.69, 9.17) is 4.98 Å². The van der Waals surface area contributed by atoms with Gasteiger partial charge in [-0.05, 0) is 38.2 Å². The minimum Gasteiger partial charge on any atom is -0.353 e. The highest BCUT2D eigenvalue weighted by Gasteiger charge is 2.25. The standard InChI is InChI=1S/C16H20N4OS/c1-10-18-15(20-8-7-17-13(21)9-20)14-11-5-3-2-4-6-12(11)22-16(14)19-10/h2-9H2,1H3,(H,17,21). The molecule has 2 aromatic heterocycles. The molecule has 0 radical (unpaired) electrons. The molecule has 6 heteroatoms. The monoisotopic (exact) mass is 316 g/mol. The summed E-state index contributed by atoms with van der Waals surface area (Å²) in [6, 6.07) is 0. The van der Waals surface area contributed by atoms with Crippen molar-refractivity contribution >= 4 is 33.3 Å². The molecule has 2 aliphatic rings. The zero-order valence-electron chi connectivity index (χ0n) is 12.8. The maximum absolute atomic E-state index is 11.8. The average molecular weight is 316 g/mol. The van der Waals surface area contributed by atoms with E-state index in [1.54, 1.807) is 0 Å². The number of carbonyl (C=O) groups excluding carboxylic acids is 1. The molecule has 3 heterocycles. The van der Waals surface area contributed by atoms with E-state index >= 15 is 0 Å². The van der Waals surface area contributed by atoms with E-state index in [-0.39, 0.29) is 5.91 Å². The highest BCUT2D eigenvalue weighted by atomic mass is 32.1. The number of thiophene rings is 1. The van der Waals surface area contributed by atoms with Crippen molar-refractivity contribution in [1.82, 2.24) is 15.3 Å². The zero-order valence-corrected chi connectivity index (χ0v) is 13.6. The van der Waals surface area contributed by atoms with E-state index in [9.17, 15) is 4.79 Å². The number of rotatable bonds is 1. The fourth-order valence-corrected chi connectivity index (χ4v) is 4.77. The molecule has 0 bridgehead atoms. The number of aryl methyl sites for hydroxylation is 3. The van der Waals surface area contributed by atoms with E-state index in [1.165, 1.54) is 35.1 Å². The van der Waals surface area contributed by atoms with Crippen molar-refractivity contribution in [3.05, 3.63) is 16.3 Å². The van der Waals surface area contributed by atoms with Gasteiger partial charge in [-0.15, -0.1) is 11.3 Å². The molecular weight excluding hydrogens is 296 g/mol. The number of nitrogens with zero attached hydrogens (tertiary/aromatic N) is 3. The lowest BCUT2D eigenvalue weighted by atomic mass is 10.1. The van der Waals surface area contributed by atoms with Gasteiger partial charge >= 0.3 is 0 Å². The molecule has 5 nitrogen and oxygen atoms in total. The summed E-state index contributed by atoms with van der Waals surface area (Å²) in [5.41, 5.74) is 1.44. The fraction of sp³-hybridized carbons (Fsp3) is 0.562. The molecule has 1 fully saturated rings. The van der Waals surface area contributed by atoms with Crippen molar-refractivity contribution in [2.75, 3.05) is 24.5 Å². The molecule has 22 heavy (non-hydrogen) atoms. The van der Waals surface area contributed by atoms with Crippen LogP contribution in [0, 0.1) is 6.92 Å². The second-order valence-corrected chi connectivity index (χ2v) is 7.19. The van der Waals surface area contributed by atoms with Gasteiger partial charge in [0, 0.05) is 18.0 Å². The van der Waals surface area contributed by atoms with Gasteiger partial charge < -0.3 is 10.2 Å². The molecule has 0 aromatic carbocycles. The summed E-state index contributed by atoms with van der Waals surface area (Å²) in [6.45, 7) is 3.85. The molecule has 0 spiro atoms.